The van der Waals surface area contributed by atoms with Gasteiger partial charge in [-0.1, -0.05) is 11.6 Å². The van der Waals surface area contributed by atoms with Crippen molar-refractivity contribution in [3.05, 3.63) is 28.3 Å². The molecule has 0 aliphatic heterocycles. The normalized spacial score (nSPS) is 10.6. The number of ether oxygens (including phenoxy) is 1. The smallest absolute Gasteiger partial charge is 0.310 e. The second kappa shape index (κ2) is 5.16. The maximum atomic E-state index is 13.1. The molecular formula is C9H7ClF3NO2. The molecule has 0 unspecified atom stereocenters. The number of hydrogen-bond acceptors (Lipinski definition) is 3. The van der Waals surface area contributed by atoms with Crippen molar-refractivity contribution in [3.63, 3.8) is 0 Å². The van der Waals surface area contributed by atoms with Gasteiger partial charge in [0.1, 0.15) is 10.8 Å². The molecule has 0 aliphatic carbocycles. The van der Waals surface area contributed by atoms with Gasteiger partial charge in [0.2, 0.25) is 0 Å². The Morgan fingerprint density at radius 2 is 2.25 bits per heavy atom. The SMILES string of the molecule is COC(=O)Cc1cc(F)c(C(F)F)nc1Cl. The predicted molar refractivity (Wildman–Crippen MR) is 49.9 cm³/mol. The largest absolute Gasteiger partial charge is 0.469 e. The number of halogens is 4. The Hall–Kier alpha value is -1.30. The second-order valence-electron chi connectivity index (χ2n) is 2.86. The van der Waals surface area contributed by atoms with Crippen LogP contribution in [-0.4, -0.2) is 18.1 Å². The molecule has 1 aromatic heterocycles. The van der Waals surface area contributed by atoms with Gasteiger partial charge >= 0.3 is 5.97 Å². The lowest BCUT2D eigenvalue weighted by Crippen LogP contribution is -2.07. The minimum atomic E-state index is -3.05. The van der Waals surface area contributed by atoms with E-state index in [0.717, 1.165) is 13.2 Å². The molecule has 0 bridgehead atoms. The zero-order valence-corrected chi connectivity index (χ0v) is 8.89. The number of rotatable bonds is 3. The third kappa shape index (κ3) is 2.85. The molecule has 1 aromatic rings. The minimum absolute atomic E-state index is 0.00965. The molecular weight excluding hydrogens is 247 g/mol. The van der Waals surface area contributed by atoms with Crippen LogP contribution in [0.15, 0.2) is 6.07 Å². The van der Waals surface area contributed by atoms with Gasteiger partial charge in [-0.2, -0.15) is 0 Å². The first-order valence-electron chi connectivity index (χ1n) is 4.15. The average molecular weight is 254 g/mol. The number of pyridine rings is 1. The van der Waals surface area contributed by atoms with E-state index >= 15 is 0 Å². The van der Waals surface area contributed by atoms with Crippen LogP contribution in [0.4, 0.5) is 13.2 Å². The standard InChI is InChI=1S/C9H7ClF3NO2/c1-16-6(15)3-4-2-5(11)7(9(12)13)14-8(4)10/h2,9H,3H2,1H3. The number of hydrogen-bond donors (Lipinski definition) is 0. The van der Waals surface area contributed by atoms with Gasteiger partial charge in [0.25, 0.3) is 6.43 Å². The highest BCUT2D eigenvalue weighted by Gasteiger charge is 2.19. The van der Waals surface area contributed by atoms with Crippen molar-refractivity contribution in [2.45, 2.75) is 12.8 Å². The number of carbonyl (C=O) groups excluding carboxylic acids is 1. The van der Waals surface area contributed by atoms with E-state index in [1.165, 1.54) is 0 Å². The van der Waals surface area contributed by atoms with Crippen LogP contribution in [0.5, 0.6) is 0 Å². The van der Waals surface area contributed by atoms with Crippen molar-refractivity contribution in [3.8, 4) is 0 Å². The molecule has 7 heteroatoms. The third-order valence-electron chi connectivity index (χ3n) is 1.80. The highest BCUT2D eigenvalue weighted by atomic mass is 35.5. The van der Waals surface area contributed by atoms with Gasteiger partial charge in [-0.3, -0.25) is 4.79 Å². The zero-order chi connectivity index (χ0) is 12.3. The monoisotopic (exact) mass is 253 g/mol. The summed E-state index contributed by atoms with van der Waals surface area (Å²) in [7, 11) is 1.15. The van der Waals surface area contributed by atoms with Gasteiger partial charge in [-0.25, -0.2) is 18.2 Å². The van der Waals surface area contributed by atoms with Crippen molar-refractivity contribution >= 4 is 17.6 Å². The van der Waals surface area contributed by atoms with Crippen molar-refractivity contribution in [1.82, 2.24) is 4.98 Å². The molecule has 0 aliphatic rings. The highest BCUT2D eigenvalue weighted by Crippen LogP contribution is 2.24. The minimum Gasteiger partial charge on any atom is -0.469 e. The summed E-state index contributed by atoms with van der Waals surface area (Å²) in [4.78, 5) is 14.1. The first-order valence-corrected chi connectivity index (χ1v) is 4.53. The van der Waals surface area contributed by atoms with Crippen LogP contribution in [0, 0.1) is 5.82 Å². The Morgan fingerprint density at radius 1 is 1.62 bits per heavy atom. The molecule has 0 N–H and O–H groups in total. The Kier molecular flexibility index (Phi) is 4.12. The van der Waals surface area contributed by atoms with Crippen LogP contribution in [-0.2, 0) is 16.0 Å². The summed E-state index contributed by atoms with van der Waals surface area (Å²) < 4.78 is 41.8. The van der Waals surface area contributed by atoms with Crippen molar-refractivity contribution in [2.75, 3.05) is 7.11 Å². The summed E-state index contributed by atoms with van der Waals surface area (Å²) in [5.41, 5.74) is -1.02. The summed E-state index contributed by atoms with van der Waals surface area (Å²) in [6.45, 7) is 0. The van der Waals surface area contributed by atoms with E-state index in [9.17, 15) is 18.0 Å². The summed E-state index contributed by atoms with van der Waals surface area (Å²) in [5.74, 6) is -1.86. The van der Waals surface area contributed by atoms with E-state index < -0.39 is 23.9 Å². The Labute approximate surface area is 94.2 Å². The molecule has 3 nitrogen and oxygen atoms in total. The summed E-state index contributed by atoms with van der Waals surface area (Å²) in [6.07, 6.45) is -3.37. The summed E-state index contributed by atoms with van der Waals surface area (Å²) in [5, 5.41) is -0.331. The Balaban J connectivity index is 3.05. The van der Waals surface area contributed by atoms with Crippen molar-refractivity contribution in [2.24, 2.45) is 0 Å². The van der Waals surface area contributed by atoms with Crippen LogP contribution < -0.4 is 0 Å². The van der Waals surface area contributed by atoms with Gasteiger partial charge in [0.05, 0.1) is 13.5 Å². The molecule has 0 spiro atoms. The number of aromatic nitrogens is 1. The van der Waals surface area contributed by atoms with E-state index in [0.29, 0.717) is 0 Å². The summed E-state index contributed by atoms with van der Waals surface area (Å²) in [6, 6.07) is 0.758. The average Bonchev–Trinajstić information content (AvgIpc) is 2.22. The fraction of sp³-hybridized carbons (Fsp3) is 0.333. The van der Waals surface area contributed by atoms with Gasteiger partial charge in [-0.15, -0.1) is 0 Å². The number of nitrogens with zero attached hydrogens (tertiary/aromatic N) is 1. The molecule has 88 valence electrons. The van der Waals surface area contributed by atoms with Crippen molar-refractivity contribution in [1.29, 1.82) is 0 Å². The molecule has 0 radical (unpaired) electrons. The molecule has 0 atom stereocenters. The van der Waals surface area contributed by atoms with E-state index in [2.05, 4.69) is 9.72 Å². The number of carbonyl (C=O) groups is 1. The maximum absolute atomic E-state index is 13.1. The van der Waals surface area contributed by atoms with Crippen molar-refractivity contribution < 1.29 is 22.7 Å². The number of esters is 1. The Morgan fingerprint density at radius 3 is 2.75 bits per heavy atom. The number of alkyl halides is 2. The van der Waals surface area contributed by atoms with Crippen LogP contribution in [0.2, 0.25) is 5.15 Å². The fourth-order valence-corrected chi connectivity index (χ4v) is 1.23. The van der Waals surface area contributed by atoms with Gasteiger partial charge in [0, 0.05) is 5.56 Å². The van der Waals surface area contributed by atoms with E-state index in [1.54, 1.807) is 0 Å². The van der Waals surface area contributed by atoms with Gasteiger partial charge in [-0.05, 0) is 6.07 Å². The fourth-order valence-electron chi connectivity index (χ4n) is 1.02. The van der Waals surface area contributed by atoms with Crippen LogP contribution >= 0.6 is 11.6 Å². The molecule has 1 heterocycles. The van der Waals surface area contributed by atoms with Crippen LogP contribution in [0.1, 0.15) is 17.7 Å². The lowest BCUT2D eigenvalue weighted by atomic mass is 10.2. The molecule has 16 heavy (non-hydrogen) atoms. The molecule has 1 rings (SSSR count). The molecule has 0 aromatic carbocycles. The molecule has 0 saturated heterocycles. The lowest BCUT2D eigenvalue weighted by molar-refractivity contribution is -0.139. The molecule has 0 amide bonds. The molecule has 0 saturated carbocycles. The molecule has 0 fully saturated rings. The first-order chi connectivity index (χ1) is 7.45. The zero-order valence-electron chi connectivity index (χ0n) is 8.14. The highest BCUT2D eigenvalue weighted by molar-refractivity contribution is 6.30. The quantitative estimate of drug-likeness (QED) is 0.614. The lowest BCUT2D eigenvalue weighted by Gasteiger charge is -2.06. The number of methoxy groups -OCH3 is 1. The van der Waals surface area contributed by atoms with Crippen LogP contribution in [0.25, 0.3) is 0 Å². The van der Waals surface area contributed by atoms with E-state index in [-0.39, 0.29) is 17.1 Å². The topological polar surface area (TPSA) is 39.2 Å². The van der Waals surface area contributed by atoms with E-state index in [1.807, 2.05) is 0 Å². The van der Waals surface area contributed by atoms with Gasteiger partial charge in [0.15, 0.2) is 5.82 Å². The second-order valence-corrected chi connectivity index (χ2v) is 3.22. The third-order valence-corrected chi connectivity index (χ3v) is 2.13. The van der Waals surface area contributed by atoms with Crippen LogP contribution in [0.3, 0.4) is 0 Å². The van der Waals surface area contributed by atoms with E-state index in [4.69, 9.17) is 11.6 Å². The first kappa shape index (κ1) is 12.8. The maximum Gasteiger partial charge on any atom is 0.310 e. The van der Waals surface area contributed by atoms with Gasteiger partial charge < -0.3 is 4.74 Å². The Bertz CT molecular complexity index is 412. The summed E-state index contributed by atoms with van der Waals surface area (Å²) >= 11 is 5.53. The predicted octanol–water partition coefficient (Wildman–Crippen LogP) is 2.53.